The summed E-state index contributed by atoms with van der Waals surface area (Å²) in [6.45, 7) is 10.0. The Kier molecular flexibility index (Phi) is 12.9. The summed E-state index contributed by atoms with van der Waals surface area (Å²) in [5.74, 6) is 0.506. The maximum Gasteiger partial charge on any atom is 0.137 e. The quantitative estimate of drug-likeness (QED) is 0.573. The molecule has 4 heteroatoms. The Morgan fingerprint density at radius 2 is 1.37 bits per heavy atom. The summed E-state index contributed by atoms with van der Waals surface area (Å²) in [5.41, 5.74) is 1.70. The van der Waals surface area contributed by atoms with Crippen LogP contribution in [0.15, 0.2) is 24.3 Å². The first-order valence-electron chi connectivity index (χ1n) is 10.1. The minimum atomic E-state index is -0.215. The van der Waals surface area contributed by atoms with Gasteiger partial charge in [0.1, 0.15) is 11.6 Å². The molecule has 2 N–H and O–H groups in total. The van der Waals surface area contributed by atoms with Crippen molar-refractivity contribution >= 4 is 11.6 Å². The summed E-state index contributed by atoms with van der Waals surface area (Å²) in [5, 5.41) is 18.2. The molecule has 0 radical (unpaired) electrons. The van der Waals surface area contributed by atoms with E-state index in [0.29, 0.717) is 38.5 Å². The molecule has 0 amide bonds. The van der Waals surface area contributed by atoms with E-state index in [2.05, 4.69) is 0 Å². The second-order valence-corrected chi connectivity index (χ2v) is 7.90. The van der Waals surface area contributed by atoms with E-state index >= 15 is 0 Å². The van der Waals surface area contributed by atoms with E-state index in [4.69, 9.17) is 5.11 Å². The number of carbonyl (C=O) groups is 2. The maximum atomic E-state index is 12.1. The maximum absolute atomic E-state index is 12.1. The molecule has 1 unspecified atom stereocenters. The van der Waals surface area contributed by atoms with Gasteiger partial charge in [0.15, 0.2) is 0 Å². The van der Waals surface area contributed by atoms with Gasteiger partial charge < -0.3 is 10.2 Å². The molecule has 0 fully saturated rings. The van der Waals surface area contributed by atoms with Crippen molar-refractivity contribution in [1.29, 1.82) is 0 Å². The fraction of sp³-hybridized carbons (Fsp3) is 0.652. The van der Waals surface area contributed by atoms with Gasteiger partial charge >= 0.3 is 0 Å². The smallest absolute Gasteiger partial charge is 0.137 e. The zero-order valence-corrected chi connectivity index (χ0v) is 17.8. The van der Waals surface area contributed by atoms with Crippen LogP contribution in [-0.2, 0) is 22.4 Å². The van der Waals surface area contributed by atoms with Crippen LogP contribution in [0.1, 0.15) is 71.4 Å². The summed E-state index contributed by atoms with van der Waals surface area (Å²) >= 11 is 0. The lowest BCUT2D eigenvalue weighted by molar-refractivity contribution is -0.119. The molecule has 0 aliphatic carbocycles. The van der Waals surface area contributed by atoms with Crippen LogP contribution in [0, 0.1) is 11.3 Å². The van der Waals surface area contributed by atoms with Crippen molar-refractivity contribution in [3.8, 4) is 0 Å². The molecule has 0 heterocycles. The van der Waals surface area contributed by atoms with Gasteiger partial charge in [-0.1, -0.05) is 58.9 Å². The number of aliphatic hydroxyl groups is 2. The molecule has 0 aromatic heterocycles. The Morgan fingerprint density at radius 1 is 0.926 bits per heavy atom. The van der Waals surface area contributed by atoms with Gasteiger partial charge in [0.05, 0.1) is 0 Å². The molecule has 0 aliphatic rings. The fourth-order valence-corrected chi connectivity index (χ4v) is 2.46. The SMILES string of the molecule is CC.CC(CO)CCC(=O)Cc1ccc(CC(=O)CCC(C)(C)CO)cc1. The van der Waals surface area contributed by atoms with Crippen molar-refractivity contribution < 1.29 is 19.8 Å². The van der Waals surface area contributed by atoms with E-state index in [1.807, 2.05) is 58.9 Å². The van der Waals surface area contributed by atoms with Gasteiger partial charge in [0.25, 0.3) is 0 Å². The molecule has 0 saturated heterocycles. The molecular weight excluding hydrogens is 340 g/mol. The van der Waals surface area contributed by atoms with E-state index in [0.717, 1.165) is 11.1 Å². The van der Waals surface area contributed by atoms with E-state index in [1.54, 1.807) is 0 Å². The lowest BCUT2D eigenvalue weighted by atomic mass is 9.87. The van der Waals surface area contributed by atoms with Gasteiger partial charge in [-0.2, -0.15) is 0 Å². The van der Waals surface area contributed by atoms with Crippen molar-refractivity contribution in [3.63, 3.8) is 0 Å². The van der Waals surface area contributed by atoms with Crippen molar-refractivity contribution in [3.05, 3.63) is 35.4 Å². The lowest BCUT2D eigenvalue weighted by Crippen LogP contribution is -2.18. The molecule has 0 spiro atoms. The normalized spacial score (nSPS) is 12.1. The molecule has 0 bridgehead atoms. The molecule has 1 aromatic rings. The Morgan fingerprint density at radius 3 is 1.78 bits per heavy atom. The molecular formula is C23H38O4. The second-order valence-electron chi connectivity index (χ2n) is 7.90. The fourth-order valence-electron chi connectivity index (χ4n) is 2.46. The summed E-state index contributed by atoms with van der Waals surface area (Å²) in [6.07, 6.45) is 3.15. The number of hydrogen-bond acceptors (Lipinski definition) is 4. The van der Waals surface area contributed by atoms with Gasteiger partial charge in [-0.25, -0.2) is 0 Å². The van der Waals surface area contributed by atoms with Crippen molar-refractivity contribution in [2.75, 3.05) is 13.2 Å². The second kappa shape index (κ2) is 13.6. The molecule has 1 aromatic carbocycles. The number of carbonyl (C=O) groups excluding carboxylic acids is 2. The highest BCUT2D eigenvalue weighted by Crippen LogP contribution is 2.21. The standard InChI is InChI=1S/C21H32O4.C2H6/c1-16(14-22)4-9-19(24)12-17-5-7-18(8-6-17)13-20(25)10-11-21(2,3)15-23;1-2/h5-8,16,22-23H,4,9-15H2,1-3H3;1-2H3. The van der Waals surface area contributed by atoms with Crippen LogP contribution >= 0.6 is 0 Å². The molecule has 0 saturated carbocycles. The lowest BCUT2D eigenvalue weighted by Gasteiger charge is -2.20. The Labute approximate surface area is 165 Å². The highest BCUT2D eigenvalue weighted by Gasteiger charge is 2.18. The van der Waals surface area contributed by atoms with Crippen LogP contribution in [0.3, 0.4) is 0 Å². The van der Waals surface area contributed by atoms with Crippen molar-refractivity contribution in [2.24, 2.45) is 11.3 Å². The van der Waals surface area contributed by atoms with Gasteiger partial charge in [0, 0.05) is 38.9 Å². The van der Waals surface area contributed by atoms with Crippen molar-refractivity contribution in [1.82, 2.24) is 0 Å². The molecule has 1 atom stereocenters. The summed E-state index contributed by atoms with van der Waals surface area (Å²) in [6, 6.07) is 7.64. The average Bonchev–Trinajstić information content (AvgIpc) is 2.67. The Hall–Kier alpha value is -1.52. The van der Waals surface area contributed by atoms with Crippen LogP contribution in [0.4, 0.5) is 0 Å². The van der Waals surface area contributed by atoms with Crippen molar-refractivity contribution in [2.45, 2.75) is 73.1 Å². The molecule has 4 nitrogen and oxygen atoms in total. The van der Waals surface area contributed by atoms with E-state index < -0.39 is 0 Å². The van der Waals surface area contributed by atoms with Crippen LogP contribution in [0.2, 0.25) is 0 Å². The van der Waals surface area contributed by atoms with Gasteiger partial charge in [-0.05, 0) is 35.3 Å². The number of rotatable bonds is 12. The third-order valence-electron chi connectivity index (χ3n) is 4.56. The van der Waals surface area contributed by atoms with Crippen LogP contribution < -0.4 is 0 Å². The topological polar surface area (TPSA) is 74.6 Å². The first-order valence-corrected chi connectivity index (χ1v) is 10.1. The number of hydrogen-bond donors (Lipinski definition) is 2. The first kappa shape index (κ1) is 25.5. The van der Waals surface area contributed by atoms with E-state index in [1.165, 1.54) is 0 Å². The first-order chi connectivity index (χ1) is 12.8. The Balaban J connectivity index is 0.00000326. The van der Waals surface area contributed by atoms with E-state index in [-0.39, 0.29) is 36.1 Å². The third-order valence-corrected chi connectivity index (χ3v) is 4.56. The minimum absolute atomic E-state index is 0.0834. The highest BCUT2D eigenvalue weighted by molar-refractivity contribution is 5.82. The predicted molar refractivity (Wildman–Crippen MR) is 111 cm³/mol. The van der Waals surface area contributed by atoms with Gasteiger partial charge in [0.2, 0.25) is 0 Å². The largest absolute Gasteiger partial charge is 0.396 e. The van der Waals surface area contributed by atoms with Gasteiger partial charge in [-0.3, -0.25) is 9.59 Å². The number of ketones is 2. The number of Topliss-reactive ketones (excluding diaryl/α,β-unsaturated/α-hetero) is 2. The molecule has 1 rings (SSSR count). The summed E-state index contributed by atoms with van der Waals surface area (Å²) in [4.78, 5) is 24.0. The molecule has 0 aliphatic heterocycles. The summed E-state index contributed by atoms with van der Waals surface area (Å²) < 4.78 is 0. The zero-order valence-electron chi connectivity index (χ0n) is 17.8. The van der Waals surface area contributed by atoms with Gasteiger partial charge in [-0.15, -0.1) is 0 Å². The number of benzene rings is 1. The third kappa shape index (κ3) is 11.7. The summed E-state index contributed by atoms with van der Waals surface area (Å²) in [7, 11) is 0. The van der Waals surface area contributed by atoms with Crippen LogP contribution in [-0.4, -0.2) is 35.0 Å². The van der Waals surface area contributed by atoms with Crippen LogP contribution in [0.25, 0.3) is 0 Å². The number of aliphatic hydroxyl groups excluding tert-OH is 2. The molecule has 154 valence electrons. The molecule has 27 heavy (non-hydrogen) atoms. The zero-order chi connectivity index (χ0) is 20.9. The predicted octanol–water partition coefficient (Wildman–Crippen LogP) is 4.14. The van der Waals surface area contributed by atoms with E-state index in [9.17, 15) is 14.7 Å². The highest BCUT2D eigenvalue weighted by atomic mass is 16.3. The van der Waals surface area contributed by atoms with Crippen LogP contribution in [0.5, 0.6) is 0 Å². The Bertz CT molecular complexity index is 546. The minimum Gasteiger partial charge on any atom is -0.396 e. The average molecular weight is 379 g/mol. The monoisotopic (exact) mass is 378 g/mol.